The Bertz CT molecular complexity index is 177. The molecule has 0 bridgehead atoms. The van der Waals surface area contributed by atoms with Gasteiger partial charge in [0.1, 0.15) is 0 Å². The third-order valence-corrected chi connectivity index (χ3v) is 3.35. The van der Waals surface area contributed by atoms with Gasteiger partial charge < -0.3 is 0 Å². The first kappa shape index (κ1) is 18.0. The lowest BCUT2D eigenvalue weighted by Crippen LogP contribution is -2.12. The maximum Gasteiger partial charge on any atom is -0.0380 e. The van der Waals surface area contributed by atoms with Crippen molar-refractivity contribution in [1.29, 1.82) is 0 Å². The smallest absolute Gasteiger partial charge is 0.0380 e. The first-order chi connectivity index (χ1) is 7.99. The summed E-state index contributed by atoms with van der Waals surface area (Å²) in [7, 11) is 0. The van der Waals surface area contributed by atoms with Crippen LogP contribution in [0, 0.1) is 29.1 Å². The van der Waals surface area contributed by atoms with Gasteiger partial charge in [-0.15, -0.1) is 0 Å². The van der Waals surface area contributed by atoms with Gasteiger partial charge in [-0.05, 0) is 54.8 Å². The highest BCUT2D eigenvalue weighted by Crippen LogP contribution is 2.29. The molecule has 0 aromatic heterocycles. The number of hydrogen-bond acceptors (Lipinski definition) is 0. The van der Waals surface area contributed by atoms with E-state index in [1.54, 1.807) is 0 Å². The molecule has 0 aliphatic carbocycles. The van der Waals surface area contributed by atoms with Crippen LogP contribution in [0.25, 0.3) is 0 Å². The second-order valence-corrected chi connectivity index (χ2v) is 8.84. The Morgan fingerprint density at radius 2 is 1.22 bits per heavy atom. The zero-order valence-corrected chi connectivity index (χ0v) is 14.3. The average Bonchev–Trinajstić information content (AvgIpc) is 2.06. The van der Waals surface area contributed by atoms with E-state index >= 15 is 0 Å². The lowest BCUT2D eigenvalue weighted by molar-refractivity contribution is 0.289. The van der Waals surface area contributed by atoms with Crippen molar-refractivity contribution in [3.63, 3.8) is 0 Å². The van der Waals surface area contributed by atoms with Gasteiger partial charge in [0, 0.05) is 0 Å². The molecule has 0 heteroatoms. The van der Waals surface area contributed by atoms with Gasteiger partial charge in [0.25, 0.3) is 0 Å². The Morgan fingerprint density at radius 3 is 1.67 bits per heavy atom. The molecule has 0 heterocycles. The van der Waals surface area contributed by atoms with E-state index in [2.05, 4.69) is 61.8 Å². The number of unbranched alkanes of at least 4 members (excludes halogenated alkanes) is 1. The lowest BCUT2D eigenvalue weighted by Gasteiger charge is -2.24. The summed E-state index contributed by atoms with van der Waals surface area (Å²) >= 11 is 0. The van der Waals surface area contributed by atoms with Crippen LogP contribution in [0.1, 0.15) is 87.5 Å². The van der Waals surface area contributed by atoms with E-state index in [-0.39, 0.29) is 0 Å². The molecular formula is C18H37. The Kier molecular flexibility index (Phi) is 7.56. The molecule has 2 unspecified atom stereocenters. The molecule has 0 rings (SSSR count). The Morgan fingerprint density at radius 1 is 0.778 bits per heavy atom. The fourth-order valence-electron chi connectivity index (χ4n) is 3.08. The molecule has 0 fully saturated rings. The molecule has 18 heavy (non-hydrogen) atoms. The fraction of sp³-hybridized carbons (Fsp3) is 0.944. The molecule has 0 spiro atoms. The largest absolute Gasteiger partial charge is 0.0625 e. The molecule has 0 saturated heterocycles. The molecule has 0 aromatic rings. The summed E-state index contributed by atoms with van der Waals surface area (Å²) in [5, 5.41) is 0. The summed E-state index contributed by atoms with van der Waals surface area (Å²) < 4.78 is 0. The van der Waals surface area contributed by atoms with Crippen molar-refractivity contribution in [2.75, 3.05) is 0 Å². The molecule has 2 atom stereocenters. The third kappa shape index (κ3) is 12.5. The van der Waals surface area contributed by atoms with Crippen LogP contribution in [0.15, 0.2) is 0 Å². The van der Waals surface area contributed by atoms with Gasteiger partial charge in [-0.1, -0.05) is 61.8 Å². The predicted octanol–water partition coefficient (Wildman–Crippen LogP) is 6.51. The minimum absolute atomic E-state index is 0.479. The summed E-state index contributed by atoms with van der Waals surface area (Å²) in [6.45, 7) is 18.9. The van der Waals surface area contributed by atoms with Crippen LogP contribution in [0.2, 0.25) is 0 Å². The van der Waals surface area contributed by atoms with E-state index in [0.29, 0.717) is 10.8 Å². The van der Waals surface area contributed by atoms with E-state index in [0.717, 1.165) is 11.8 Å². The van der Waals surface area contributed by atoms with Crippen LogP contribution in [0.4, 0.5) is 0 Å². The van der Waals surface area contributed by atoms with E-state index in [9.17, 15) is 0 Å². The second kappa shape index (κ2) is 7.56. The third-order valence-electron chi connectivity index (χ3n) is 3.35. The summed E-state index contributed by atoms with van der Waals surface area (Å²) in [5.74, 6) is 1.70. The number of hydrogen-bond donors (Lipinski definition) is 0. The van der Waals surface area contributed by atoms with Gasteiger partial charge >= 0.3 is 0 Å². The molecule has 0 saturated carbocycles. The molecule has 0 aromatic carbocycles. The van der Waals surface area contributed by atoms with Crippen molar-refractivity contribution in [2.45, 2.75) is 87.5 Å². The van der Waals surface area contributed by atoms with Crippen LogP contribution in [-0.2, 0) is 0 Å². The summed E-state index contributed by atoms with van der Waals surface area (Å²) in [5.41, 5.74) is 0.964. The molecule has 0 aliphatic heterocycles. The zero-order chi connectivity index (χ0) is 14.4. The normalized spacial score (nSPS) is 16.7. The predicted molar refractivity (Wildman–Crippen MR) is 84.6 cm³/mol. The highest BCUT2D eigenvalue weighted by atomic mass is 14.2. The van der Waals surface area contributed by atoms with Crippen LogP contribution < -0.4 is 0 Å². The molecule has 0 N–H and O–H groups in total. The molecular weight excluding hydrogens is 216 g/mol. The molecule has 0 nitrogen and oxygen atoms in total. The van der Waals surface area contributed by atoms with E-state index in [1.807, 2.05) is 0 Å². The van der Waals surface area contributed by atoms with E-state index in [4.69, 9.17) is 0 Å². The van der Waals surface area contributed by atoms with Crippen molar-refractivity contribution < 1.29 is 0 Å². The Labute approximate surface area is 117 Å². The molecule has 109 valence electrons. The van der Waals surface area contributed by atoms with Crippen LogP contribution in [-0.4, -0.2) is 0 Å². The zero-order valence-electron chi connectivity index (χ0n) is 14.3. The summed E-state index contributed by atoms with van der Waals surface area (Å²) in [4.78, 5) is 0. The average molecular weight is 253 g/mol. The molecule has 0 aliphatic rings. The highest BCUT2D eigenvalue weighted by molar-refractivity contribution is 4.75. The van der Waals surface area contributed by atoms with Crippen molar-refractivity contribution in [3.05, 3.63) is 6.42 Å². The van der Waals surface area contributed by atoms with Crippen molar-refractivity contribution >= 4 is 0 Å². The maximum absolute atomic E-state index is 2.52. The SMILES string of the molecule is CC(C[CH]CCC(C)CC(C)(C)C)CC(C)(C)C. The van der Waals surface area contributed by atoms with Crippen LogP contribution in [0.5, 0.6) is 0 Å². The molecule has 1 radical (unpaired) electrons. The number of rotatable bonds is 7. The van der Waals surface area contributed by atoms with Gasteiger partial charge in [-0.3, -0.25) is 0 Å². The fourth-order valence-corrected chi connectivity index (χ4v) is 3.08. The van der Waals surface area contributed by atoms with Gasteiger partial charge in [-0.2, -0.15) is 0 Å². The van der Waals surface area contributed by atoms with Crippen molar-refractivity contribution in [2.24, 2.45) is 22.7 Å². The molecule has 0 amide bonds. The van der Waals surface area contributed by atoms with Gasteiger partial charge in [0.05, 0.1) is 0 Å². The second-order valence-electron chi connectivity index (χ2n) is 8.84. The van der Waals surface area contributed by atoms with Gasteiger partial charge in [-0.25, -0.2) is 0 Å². The Hall–Kier alpha value is 0. The minimum Gasteiger partial charge on any atom is -0.0625 e. The van der Waals surface area contributed by atoms with Gasteiger partial charge in [0.2, 0.25) is 0 Å². The lowest BCUT2D eigenvalue weighted by atomic mass is 9.82. The van der Waals surface area contributed by atoms with E-state index in [1.165, 1.54) is 32.1 Å². The van der Waals surface area contributed by atoms with Crippen LogP contribution >= 0.6 is 0 Å². The summed E-state index contributed by atoms with van der Waals surface area (Å²) in [6.07, 6.45) is 9.15. The monoisotopic (exact) mass is 253 g/mol. The van der Waals surface area contributed by atoms with Crippen molar-refractivity contribution in [1.82, 2.24) is 0 Å². The first-order valence-electron chi connectivity index (χ1n) is 7.81. The minimum atomic E-state index is 0.479. The summed E-state index contributed by atoms with van der Waals surface area (Å²) in [6, 6.07) is 0. The van der Waals surface area contributed by atoms with Crippen LogP contribution in [0.3, 0.4) is 0 Å². The standard InChI is InChI=1S/C18H37/c1-15(13-17(3,4)5)11-9-10-12-16(2)14-18(6,7)8/h9,15-16H,10-14H2,1-8H3. The topological polar surface area (TPSA) is 0 Å². The first-order valence-corrected chi connectivity index (χ1v) is 7.81. The van der Waals surface area contributed by atoms with E-state index < -0.39 is 0 Å². The maximum atomic E-state index is 2.52. The quantitative estimate of drug-likeness (QED) is 0.454. The highest BCUT2D eigenvalue weighted by Gasteiger charge is 2.16. The van der Waals surface area contributed by atoms with Gasteiger partial charge in [0.15, 0.2) is 0 Å². The van der Waals surface area contributed by atoms with Crippen molar-refractivity contribution in [3.8, 4) is 0 Å². The Balaban J connectivity index is 3.62.